The molecule has 2 aromatic rings. The van der Waals surface area contributed by atoms with Gasteiger partial charge in [-0.1, -0.05) is 54.8 Å². The van der Waals surface area contributed by atoms with E-state index >= 15 is 0 Å². The monoisotopic (exact) mass is 210 g/mol. The number of hydrogen-bond donors (Lipinski definition) is 0. The number of rotatable bonds is 1. The van der Waals surface area contributed by atoms with Crippen molar-refractivity contribution in [3.8, 4) is 0 Å². The molecule has 0 radical (unpaired) electrons. The molecule has 1 saturated carbocycles. The van der Waals surface area contributed by atoms with Crippen LogP contribution in [0.2, 0.25) is 0 Å². The molecule has 2 aromatic carbocycles. The van der Waals surface area contributed by atoms with E-state index in [0.717, 1.165) is 5.92 Å². The predicted octanol–water partition coefficient (Wildman–Crippen LogP) is 4.81. The quantitative estimate of drug-likeness (QED) is 0.634. The lowest BCUT2D eigenvalue weighted by Crippen LogP contribution is -1.91. The molecule has 1 fully saturated rings. The zero-order valence-electron chi connectivity index (χ0n) is 9.87. The lowest BCUT2D eigenvalue weighted by atomic mass is 9.95. The van der Waals surface area contributed by atoms with Gasteiger partial charge in [0, 0.05) is 0 Å². The van der Waals surface area contributed by atoms with Crippen molar-refractivity contribution in [2.75, 3.05) is 0 Å². The molecular formula is C16H18. The van der Waals surface area contributed by atoms with E-state index in [2.05, 4.69) is 43.3 Å². The van der Waals surface area contributed by atoms with Crippen LogP contribution >= 0.6 is 0 Å². The van der Waals surface area contributed by atoms with Crippen molar-refractivity contribution < 1.29 is 0 Å². The molecule has 1 aliphatic carbocycles. The minimum absolute atomic E-state index is 0.825. The first-order valence-electron chi connectivity index (χ1n) is 6.33. The molecule has 0 N–H and O–H groups in total. The molecule has 3 rings (SSSR count). The summed E-state index contributed by atoms with van der Waals surface area (Å²) in [5.74, 6) is 0.825. The molecule has 16 heavy (non-hydrogen) atoms. The summed E-state index contributed by atoms with van der Waals surface area (Å²) in [4.78, 5) is 0. The topological polar surface area (TPSA) is 0 Å². The smallest absolute Gasteiger partial charge is 0.0162 e. The van der Waals surface area contributed by atoms with Gasteiger partial charge in [-0.05, 0) is 42.0 Å². The standard InChI is InChI=1S/C16H18/c1-12-6-7-16-11-15(9-8-14(16)10-12)13-4-2-3-5-13/h6-11,13H,2-5H2,1H3. The zero-order valence-corrected chi connectivity index (χ0v) is 9.87. The van der Waals surface area contributed by atoms with Gasteiger partial charge in [0.1, 0.15) is 0 Å². The van der Waals surface area contributed by atoms with E-state index in [1.54, 1.807) is 5.56 Å². The maximum atomic E-state index is 2.39. The van der Waals surface area contributed by atoms with Crippen LogP contribution in [0.4, 0.5) is 0 Å². The van der Waals surface area contributed by atoms with Crippen LogP contribution < -0.4 is 0 Å². The molecule has 1 aliphatic rings. The first-order valence-corrected chi connectivity index (χ1v) is 6.33. The molecule has 0 aliphatic heterocycles. The Morgan fingerprint density at radius 3 is 2.38 bits per heavy atom. The average Bonchev–Trinajstić information content (AvgIpc) is 2.82. The molecule has 82 valence electrons. The molecule has 0 nitrogen and oxygen atoms in total. The maximum absolute atomic E-state index is 2.39. The zero-order chi connectivity index (χ0) is 11.0. The highest BCUT2D eigenvalue weighted by Gasteiger charge is 2.16. The third-order valence-electron chi connectivity index (χ3n) is 3.85. The summed E-state index contributed by atoms with van der Waals surface area (Å²) >= 11 is 0. The predicted molar refractivity (Wildman–Crippen MR) is 69.9 cm³/mol. The molecule has 0 atom stereocenters. The molecule has 0 bridgehead atoms. The Morgan fingerprint density at radius 2 is 1.56 bits per heavy atom. The summed E-state index contributed by atoms with van der Waals surface area (Å²) < 4.78 is 0. The third-order valence-corrected chi connectivity index (χ3v) is 3.85. The van der Waals surface area contributed by atoms with Crippen LogP contribution in [-0.2, 0) is 0 Å². The van der Waals surface area contributed by atoms with Crippen LogP contribution in [0, 0.1) is 6.92 Å². The minimum atomic E-state index is 0.825. The molecule has 0 amide bonds. The van der Waals surface area contributed by atoms with E-state index in [1.807, 2.05) is 0 Å². The number of hydrogen-bond acceptors (Lipinski definition) is 0. The summed E-state index contributed by atoms with van der Waals surface area (Å²) in [6, 6.07) is 13.7. The highest BCUT2D eigenvalue weighted by Crippen LogP contribution is 2.35. The van der Waals surface area contributed by atoms with Crippen LogP contribution in [0.15, 0.2) is 36.4 Å². The maximum Gasteiger partial charge on any atom is -0.0162 e. The Hall–Kier alpha value is -1.30. The first-order chi connectivity index (χ1) is 7.83. The van der Waals surface area contributed by atoms with Crippen LogP contribution in [0.3, 0.4) is 0 Å². The number of benzene rings is 2. The van der Waals surface area contributed by atoms with E-state index in [-0.39, 0.29) is 0 Å². The molecule has 0 heteroatoms. The van der Waals surface area contributed by atoms with Crippen molar-refractivity contribution in [3.63, 3.8) is 0 Å². The van der Waals surface area contributed by atoms with Crippen molar-refractivity contribution in [1.29, 1.82) is 0 Å². The fourth-order valence-electron chi connectivity index (χ4n) is 2.90. The van der Waals surface area contributed by atoms with Gasteiger partial charge in [0.15, 0.2) is 0 Å². The number of aryl methyl sites for hydroxylation is 1. The van der Waals surface area contributed by atoms with E-state index in [1.165, 1.54) is 42.0 Å². The van der Waals surface area contributed by atoms with E-state index < -0.39 is 0 Å². The SMILES string of the molecule is Cc1ccc2cc(C3CCCC3)ccc2c1. The minimum Gasteiger partial charge on any atom is -0.0587 e. The second-order valence-electron chi connectivity index (χ2n) is 5.09. The van der Waals surface area contributed by atoms with Crippen molar-refractivity contribution in [1.82, 2.24) is 0 Å². The summed E-state index contributed by atoms with van der Waals surface area (Å²) in [5, 5.41) is 2.77. The van der Waals surface area contributed by atoms with Crippen LogP contribution in [-0.4, -0.2) is 0 Å². The summed E-state index contributed by atoms with van der Waals surface area (Å²) in [6.07, 6.45) is 5.60. The van der Waals surface area contributed by atoms with Crippen molar-refractivity contribution in [2.45, 2.75) is 38.5 Å². The second-order valence-corrected chi connectivity index (χ2v) is 5.09. The van der Waals surface area contributed by atoms with Gasteiger partial charge in [-0.15, -0.1) is 0 Å². The highest BCUT2D eigenvalue weighted by molar-refractivity contribution is 5.83. The van der Waals surface area contributed by atoms with Crippen molar-refractivity contribution in [2.24, 2.45) is 0 Å². The van der Waals surface area contributed by atoms with Gasteiger partial charge < -0.3 is 0 Å². The fraction of sp³-hybridized carbons (Fsp3) is 0.375. The Kier molecular flexibility index (Phi) is 2.43. The van der Waals surface area contributed by atoms with Gasteiger partial charge in [0.25, 0.3) is 0 Å². The van der Waals surface area contributed by atoms with Gasteiger partial charge in [-0.3, -0.25) is 0 Å². The van der Waals surface area contributed by atoms with E-state index in [9.17, 15) is 0 Å². The van der Waals surface area contributed by atoms with Gasteiger partial charge in [-0.25, -0.2) is 0 Å². The average molecular weight is 210 g/mol. The molecule has 0 spiro atoms. The van der Waals surface area contributed by atoms with Crippen molar-refractivity contribution >= 4 is 10.8 Å². The van der Waals surface area contributed by atoms with Crippen LogP contribution in [0.1, 0.15) is 42.7 Å². The fourth-order valence-corrected chi connectivity index (χ4v) is 2.90. The highest BCUT2D eigenvalue weighted by atomic mass is 14.2. The van der Waals surface area contributed by atoms with Gasteiger partial charge >= 0.3 is 0 Å². The van der Waals surface area contributed by atoms with E-state index in [4.69, 9.17) is 0 Å². The Labute approximate surface area is 97.3 Å². The van der Waals surface area contributed by atoms with E-state index in [0.29, 0.717) is 0 Å². The molecular weight excluding hydrogens is 192 g/mol. The van der Waals surface area contributed by atoms with Crippen LogP contribution in [0.25, 0.3) is 10.8 Å². The Bertz CT molecular complexity index is 504. The normalized spacial score (nSPS) is 17.1. The number of fused-ring (bicyclic) bond motifs is 1. The Balaban J connectivity index is 2.05. The van der Waals surface area contributed by atoms with Gasteiger partial charge in [0.2, 0.25) is 0 Å². The lowest BCUT2D eigenvalue weighted by Gasteiger charge is -2.10. The Morgan fingerprint density at radius 1 is 0.875 bits per heavy atom. The molecule has 0 saturated heterocycles. The van der Waals surface area contributed by atoms with Crippen LogP contribution in [0.5, 0.6) is 0 Å². The lowest BCUT2D eigenvalue weighted by molar-refractivity contribution is 0.724. The van der Waals surface area contributed by atoms with Crippen molar-refractivity contribution in [3.05, 3.63) is 47.5 Å². The molecule has 0 aromatic heterocycles. The summed E-state index contributed by atoms with van der Waals surface area (Å²) in [5.41, 5.74) is 2.90. The summed E-state index contributed by atoms with van der Waals surface area (Å²) in [7, 11) is 0. The van der Waals surface area contributed by atoms with Gasteiger partial charge in [-0.2, -0.15) is 0 Å². The second kappa shape index (κ2) is 3.93. The largest absolute Gasteiger partial charge is 0.0587 e. The molecule has 0 unspecified atom stereocenters. The first kappa shape index (κ1) is 9.89. The molecule has 0 heterocycles. The third kappa shape index (κ3) is 1.73. The summed E-state index contributed by atoms with van der Waals surface area (Å²) in [6.45, 7) is 2.16. The van der Waals surface area contributed by atoms with Gasteiger partial charge in [0.05, 0.1) is 0 Å².